The molecule has 0 aromatic heterocycles. The number of benzene rings is 1. The molecule has 292 valence electrons. The third-order valence-corrected chi connectivity index (χ3v) is 8.97. The maximum Gasteiger partial charge on any atom is 0.312 e. The molecule has 2 fully saturated rings. The van der Waals surface area contributed by atoms with Gasteiger partial charge in [0.05, 0.1) is 24.6 Å². The van der Waals surface area contributed by atoms with Crippen LogP contribution in [0.3, 0.4) is 0 Å². The Bertz CT molecular complexity index is 1540. The van der Waals surface area contributed by atoms with E-state index in [0.29, 0.717) is 11.3 Å². The summed E-state index contributed by atoms with van der Waals surface area (Å²) in [5, 5.41) is 10.6. The molecule has 6 N–H and O–H groups in total. The van der Waals surface area contributed by atoms with E-state index in [1.165, 1.54) is 12.0 Å². The number of urea groups is 1. The van der Waals surface area contributed by atoms with E-state index in [4.69, 9.17) is 15.2 Å². The van der Waals surface area contributed by atoms with Crippen LogP contribution in [-0.4, -0.2) is 108 Å². The normalized spacial score (nSPS) is 19.9. The van der Waals surface area contributed by atoms with Crippen LogP contribution in [0, 0.1) is 17.3 Å². The highest BCUT2D eigenvalue weighted by Crippen LogP contribution is 2.30. The molecular formula is C36H53N7O10. The van der Waals surface area contributed by atoms with Crippen molar-refractivity contribution in [3.8, 4) is 0 Å². The molecule has 2 heterocycles. The van der Waals surface area contributed by atoms with E-state index in [-0.39, 0.29) is 51.4 Å². The standard InChI is InChI=1S/C36H53N7O10/c1-20(2)29(41-27(44)17-42-24(19-52-7)16-26(33(42)49)43-28(45)15-21(3)32(43)48)31(47)40-25(9-8-14-38-35(37)51)30(46)39-23-12-10-22(11-13-23)18-53-34(50)36(4,5)6/h10-13,20-21,24-26,29H,8-9,14-19H2,1-7H3,(H,39,46)(H,40,47)(H,41,44)(H3,37,38,51)/t21?,24-,25-,26-,29-/m0/s1. The number of hydrogen-bond acceptors (Lipinski definition) is 10. The molecule has 5 atom stereocenters. The number of likely N-dealkylation sites (tertiary alicyclic amines) is 2. The van der Waals surface area contributed by atoms with E-state index in [0.717, 1.165) is 4.90 Å². The van der Waals surface area contributed by atoms with Gasteiger partial charge < -0.3 is 41.4 Å². The van der Waals surface area contributed by atoms with Crippen molar-refractivity contribution >= 4 is 53.1 Å². The number of ether oxygens (including phenoxy) is 2. The van der Waals surface area contributed by atoms with Gasteiger partial charge in [-0.1, -0.05) is 32.9 Å². The van der Waals surface area contributed by atoms with Crippen molar-refractivity contribution < 1.29 is 47.8 Å². The molecule has 17 heteroatoms. The van der Waals surface area contributed by atoms with Gasteiger partial charge in [0.2, 0.25) is 35.4 Å². The Balaban J connectivity index is 1.69. The number of amides is 8. The fraction of sp³-hybridized carbons (Fsp3) is 0.611. The average molecular weight is 744 g/mol. The van der Waals surface area contributed by atoms with Crippen LogP contribution in [-0.2, 0) is 49.6 Å². The molecule has 2 saturated heterocycles. The zero-order chi connectivity index (χ0) is 39.6. The first-order valence-corrected chi connectivity index (χ1v) is 17.7. The lowest BCUT2D eigenvalue weighted by atomic mass is 9.97. The van der Waals surface area contributed by atoms with E-state index in [1.807, 2.05) is 0 Å². The molecular weight excluding hydrogens is 690 g/mol. The lowest BCUT2D eigenvalue weighted by Gasteiger charge is -2.28. The molecule has 2 aliphatic rings. The number of hydrogen-bond donors (Lipinski definition) is 5. The van der Waals surface area contributed by atoms with Gasteiger partial charge in [-0.15, -0.1) is 0 Å². The van der Waals surface area contributed by atoms with E-state index in [2.05, 4.69) is 21.3 Å². The second-order valence-electron chi connectivity index (χ2n) is 14.8. The minimum Gasteiger partial charge on any atom is -0.460 e. The second-order valence-corrected chi connectivity index (χ2v) is 14.8. The molecule has 0 saturated carbocycles. The third-order valence-electron chi connectivity index (χ3n) is 8.97. The van der Waals surface area contributed by atoms with Crippen LogP contribution in [0.1, 0.15) is 72.8 Å². The fourth-order valence-electron chi connectivity index (χ4n) is 6.00. The summed E-state index contributed by atoms with van der Waals surface area (Å²) >= 11 is 0. The predicted molar refractivity (Wildman–Crippen MR) is 191 cm³/mol. The summed E-state index contributed by atoms with van der Waals surface area (Å²) in [7, 11) is 1.43. The first-order chi connectivity index (χ1) is 24.8. The van der Waals surface area contributed by atoms with Crippen LogP contribution < -0.4 is 27.0 Å². The highest BCUT2D eigenvalue weighted by atomic mass is 16.5. The number of carbonyl (C=O) groups is 8. The molecule has 1 aromatic rings. The molecule has 17 nitrogen and oxygen atoms in total. The first-order valence-electron chi connectivity index (χ1n) is 17.7. The molecule has 53 heavy (non-hydrogen) atoms. The van der Waals surface area contributed by atoms with Crippen molar-refractivity contribution in [1.29, 1.82) is 0 Å². The number of methoxy groups -OCH3 is 1. The summed E-state index contributed by atoms with van der Waals surface area (Å²) in [4.78, 5) is 105. The van der Waals surface area contributed by atoms with Gasteiger partial charge in [-0.05, 0) is 63.6 Å². The molecule has 0 bridgehead atoms. The van der Waals surface area contributed by atoms with Crippen LogP contribution in [0.15, 0.2) is 24.3 Å². The maximum absolute atomic E-state index is 13.6. The van der Waals surface area contributed by atoms with Crippen molar-refractivity contribution in [2.24, 2.45) is 23.0 Å². The largest absolute Gasteiger partial charge is 0.460 e. The van der Waals surface area contributed by atoms with Gasteiger partial charge in [-0.2, -0.15) is 0 Å². The van der Waals surface area contributed by atoms with Gasteiger partial charge in [0, 0.05) is 31.7 Å². The molecule has 8 amide bonds. The molecule has 3 rings (SSSR count). The zero-order valence-corrected chi connectivity index (χ0v) is 31.5. The van der Waals surface area contributed by atoms with Crippen LogP contribution >= 0.6 is 0 Å². The Morgan fingerprint density at radius 1 is 0.981 bits per heavy atom. The van der Waals surface area contributed by atoms with Gasteiger partial charge in [0.1, 0.15) is 24.7 Å². The van der Waals surface area contributed by atoms with Crippen molar-refractivity contribution in [1.82, 2.24) is 25.8 Å². The number of carbonyl (C=O) groups excluding carboxylic acids is 8. The van der Waals surface area contributed by atoms with E-state index < -0.39 is 89.4 Å². The average Bonchev–Trinajstić information content (AvgIpc) is 3.51. The molecule has 1 unspecified atom stereocenters. The quantitative estimate of drug-likeness (QED) is 0.0855. The molecule has 0 radical (unpaired) electrons. The highest BCUT2D eigenvalue weighted by molar-refractivity contribution is 6.07. The van der Waals surface area contributed by atoms with E-state index >= 15 is 0 Å². The zero-order valence-electron chi connectivity index (χ0n) is 31.5. The summed E-state index contributed by atoms with van der Waals surface area (Å²) in [6.07, 6.45) is 0.490. The van der Waals surface area contributed by atoms with Crippen LogP contribution in [0.25, 0.3) is 0 Å². The summed E-state index contributed by atoms with van der Waals surface area (Å²) in [6.45, 7) is 10.1. The summed E-state index contributed by atoms with van der Waals surface area (Å²) in [5.41, 5.74) is 5.62. The molecule has 0 aliphatic carbocycles. The van der Waals surface area contributed by atoms with Crippen LogP contribution in [0.5, 0.6) is 0 Å². The smallest absolute Gasteiger partial charge is 0.312 e. The van der Waals surface area contributed by atoms with E-state index in [1.54, 1.807) is 65.8 Å². The van der Waals surface area contributed by atoms with Gasteiger partial charge in [0.15, 0.2) is 0 Å². The Labute approximate surface area is 309 Å². The number of nitrogens with one attached hydrogen (secondary N) is 4. The fourth-order valence-corrected chi connectivity index (χ4v) is 6.00. The third kappa shape index (κ3) is 11.7. The highest BCUT2D eigenvalue weighted by Gasteiger charge is 2.50. The number of imide groups is 1. The van der Waals surface area contributed by atoms with Gasteiger partial charge in [-0.25, -0.2) is 4.79 Å². The number of nitrogens with two attached hydrogens (primary N) is 1. The summed E-state index contributed by atoms with van der Waals surface area (Å²) in [5.74, 6) is -4.68. The van der Waals surface area contributed by atoms with Crippen molar-refractivity contribution in [2.45, 2.75) is 98.0 Å². The minimum absolute atomic E-state index is 0.00658. The Kier molecular flexibility index (Phi) is 14.9. The van der Waals surface area contributed by atoms with Gasteiger partial charge in [-0.3, -0.25) is 38.5 Å². The predicted octanol–water partition coefficient (Wildman–Crippen LogP) is 0.799. The lowest BCUT2D eigenvalue weighted by Crippen LogP contribution is -2.56. The molecule has 2 aliphatic heterocycles. The number of nitrogens with zero attached hydrogens (tertiary/aromatic N) is 2. The molecule has 0 spiro atoms. The second kappa shape index (κ2) is 18.6. The van der Waals surface area contributed by atoms with Crippen molar-refractivity contribution in [2.75, 3.05) is 32.1 Å². The topological polar surface area (TPSA) is 236 Å². The lowest BCUT2D eigenvalue weighted by molar-refractivity contribution is -0.154. The van der Waals surface area contributed by atoms with Gasteiger partial charge >= 0.3 is 12.0 Å². The maximum atomic E-state index is 13.6. The Morgan fingerprint density at radius 3 is 2.19 bits per heavy atom. The Hall–Kier alpha value is -5.06. The first kappa shape index (κ1) is 42.4. The number of anilines is 1. The van der Waals surface area contributed by atoms with Crippen LogP contribution in [0.2, 0.25) is 0 Å². The summed E-state index contributed by atoms with van der Waals surface area (Å²) in [6, 6.07) is 2.03. The number of primary amides is 1. The van der Waals surface area contributed by atoms with Crippen LogP contribution in [0.4, 0.5) is 10.5 Å². The Morgan fingerprint density at radius 2 is 1.64 bits per heavy atom. The SMILES string of the molecule is COC[C@@H]1C[C@H](N2C(=O)CC(C)C2=O)C(=O)N1CC(=O)N[C@H](C(=O)N[C@@H](CCCNC(N)=O)C(=O)Nc1ccc(COC(=O)C(C)(C)C)cc1)C(C)C. The monoisotopic (exact) mass is 743 g/mol. The number of rotatable bonds is 17. The molecule has 1 aromatic carbocycles. The van der Waals surface area contributed by atoms with Gasteiger partial charge in [0.25, 0.3) is 0 Å². The van der Waals surface area contributed by atoms with E-state index in [9.17, 15) is 38.4 Å². The van der Waals surface area contributed by atoms with Crippen molar-refractivity contribution in [3.05, 3.63) is 29.8 Å². The number of esters is 1. The minimum atomic E-state index is -1.12. The summed E-state index contributed by atoms with van der Waals surface area (Å²) < 4.78 is 10.6. The van der Waals surface area contributed by atoms with Crippen molar-refractivity contribution in [3.63, 3.8) is 0 Å².